The molecule has 0 saturated heterocycles. The highest BCUT2D eigenvalue weighted by Crippen LogP contribution is 2.41. The van der Waals surface area contributed by atoms with Gasteiger partial charge in [0.05, 0.1) is 11.5 Å². The number of ketones is 1. The average Bonchev–Trinajstić information content (AvgIpc) is 3.37. The van der Waals surface area contributed by atoms with E-state index >= 15 is 0 Å². The van der Waals surface area contributed by atoms with Crippen LogP contribution >= 0.6 is 11.3 Å². The number of nitrogens with zero attached hydrogens (tertiary/aromatic N) is 3. The zero-order chi connectivity index (χ0) is 19.1. The minimum atomic E-state index is -0.268. The molecule has 0 amide bonds. The van der Waals surface area contributed by atoms with Crippen molar-refractivity contribution in [2.75, 3.05) is 11.9 Å². The van der Waals surface area contributed by atoms with Crippen LogP contribution in [-0.2, 0) is 4.79 Å². The maximum absolute atomic E-state index is 12.8. The zero-order valence-electron chi connectivity index (χ0n) is 15.5. The number of nitrogens with one attached hydrogen (secondary N) is 1. The fourth-order valence-corrected chi connectivity index (χ4v) is 4.54. The Bertz CT molecular complexity index is 1050. The third kappa shape index (κ3) is 2.82. The maximum Gasteiger partial charge on any atom is 0.226 e. The van der Waals surface area contributed by atoms with E-state index < -0.39 is 0 Å². The van der Waals surface area contributed by atoms with Crippen LogP contribution in [0.15, 0.2) is 53.0 Å². The van der Waals surface area contributed by atoms with Crippen molar-refractivity contribution in [3.8, 4) is 16.5 Å². The molecule has 3 heterocycles. The molecule has 0 bridgehead atoms. The molecule has 3 aromatic rings. The summed E-state index contributed by atoms with van der Waals surface area (Å²) >= 11 is 1.61. The molecule has 7 heteroatoms. The van der Waals surface area contributed by atoms with Gasteiger partial charge in [-0.1, -0.05) is 18.2 Å². The number of allylic oxidation sites excluding steroid dienone is 2. The molecule has 28 heavy (non-hydrogen) atoms. The van der Waals surface area contributed by atoms with Gasteiger partial charge in [0.2, 0.25) is 5.95 Å². The monoisotopic (exact) mass is 392 g/mol. The lowest BCUT2D eigenvalue weighted by Crippen LogP contribution is -2.31. The first-order valence-electron chi connectivity index (χ1n) is 9.51. The van der Waals surface area contributed by atoms with Gasteiger partial charge in [0.1, 0.15) is 11.8 Å². The number of thiophene rings is 1. The second-order valence-electron chi connectivity index (χ2n) is 6.88. The van der Waals surface area contributed by atoms with Crippen LogP contribution in [0.25, 0.3) is 10.7 Å². The zero-order valence-corrected chi connectivity index (χ0v) is 16.3. The summed E-state index contributed by atoms with van der Waals surface area (Å²) in [7, 11) is 0. The van der Waals surface area contributed by atoms with Crippen molar-refractivity contribution in [1.29, 1.82) is 0 Å². The molecule has 6 nitrogen and oxygen atoms in total. The Morgan fingerprint density at radius 2 is 2.11 bits per heavy atom. The summed E-state index contributed by atoms with van der Waals surface area (Å²) in [5.41, 5.74) is 2.80. The third-order valence-corrected chi connectivity index (χ3v) is 5.98. The van der Waals surface area contributed by atoms with E-state index in [4.69, 9.17) is 14.8 Å². The number of carbonyl (C=O) groups is 1. The molecule has 142 valence electrons. The van der Waals surface area contributed by atoms with Crippen LogP contribution in [0.5, 0.6) is 5.75 Å². The number of hydrogen-bond acceptors (Lipinski definition) is 6. The highest BCUT2D eigenvalue weighted by Gasteiger charge is 2.36. The van der Waals surface area contributed by atoms with E-state index in [0.717, 1.165) is 40.3 Å². The molecule has 0 radical (unpaired) electrons. The van der Waals surface area contributed by atoms with Crippen molar-refractivity contribution in [3.05, 3.63) is 58.6 Å². The lowest BCUT2D eigenvalue weighted by molar-refractivity contribution is -0.116. The standard InChI is InChI=1S/C21H20N4O2S/c1-2-27-14-10-8-13(9-11-14)19-18-15(5-3-6-16(18)26)22-21-23-20(24-25(19)21)17-7-4-12-28-17/h4,7-12,19H,2-3,5-6H2,1H3,(H,22,23,24). The molecule has 5 rings (SSSR count). The van der Waals surface area contributed by atoms with Gasteiger partial charge >= 0.3 is 0 Å². The van der Waals surface area contributed by atoms with E-state index in [1.165, 1.54) is 0 Å². The van der Waals surface area contributed by atoms with Gasteiger partial charge in [0.15, 0.2) is 11.6 Å². The van der Waals surface area contributed by atoms with Gasteiger partial charge in [-0.2, -0.15) is 4.98 Å². The lowest BCUT2D eigenvalue weighted by atomic mass is 9.85. The Morgan fingerprint density at radius 3 is 2.86 bits per heavy atom. The molecule has 0 spiro atoms. The number of anilines is 1. The predicted molar refractivity (Wildman–Crippen MR) is 109 cm³/mol. The van der Waals surface area contributed by atoms with E-state index in [1.54, 1.807) is 11.3 Å². The van der Waals surface area contributed by atoms with Gasteiger partial charge in [-0.05, 0) is 48.9 Å². The Hall–Kier alpha value is -2.93. The molecule has 1 aliphatic heterocycles. The highest BCUT2D eigenvalue weighted by atomic mass is 32.1. The molecular formula is C21H20N4O2S. The first-order valence-corrected chi connectivity index (χ1v) is 10.4. The number of hydrogen-bond donors (Lipinski definition) is 1. The second kappa shape index (κ2) is 6.91. The van der Waals surface area contributed by atoms with E-state index in [-0.39, 0.29) is 11.8 Å². The van der Waals surface area contributed by atoms with Crippen molar-refractivity contribution in [2.45, 2.75) is 32.2 Å². The maximum atomic E-state index is 12.8. The van der Waals surface area contributed by atoms with E-state index in [1.807, 2.05) is 53.4 Å². The molecule has 1 unspecified atom stereocenters. The number of Topliss-reactive ketones (excluding diaryl/α,β-unsaturated/α-hetero) is 1. The summed E-state index contributed by atoms with van der Waals surface area (Å²) in [5, 5.41) is 10.2. The molecule has 1 atom stereocenters. The Kier molecular flexibility index (Phi) is 4.24. The van der Waals surface area contributed by atoms with E-state index in [2.05, 4.69) is 5.32 Å². The van der Waals surface area contributed by atoms with Gasteiger partial charge in [-0.25, -0.2) is 4.68 Å². The van der Waals surface area contributed by atoms with Gasteiger partial charge < -0.3 is 10.1 Å². The van der Waals surface area contributed by atoms with Crippen molar-refractivity contribution in [2.24, 2.45) is 0 Å². The van der Waals surface area contributed by atoms with Gasteiger partial charge in [0, 0.05) is 17.7 Å². The molecule has 0 saturated carbocycles. The van der Waals surface area contributed by atoms with Crippen molar-refractivity contribution in [3.63, 3.8) is 0 Å². The number of ether oxygens (including phenoxy) is 1. The minimum absolute atomic E-state index is 0.187. The molecule has 1 aromatic carbocycles. The molecule has 2 aliphatic rings. The molecule has 2 aromatic heterocycles. The smallest absolute Gasteiger partial charge is 0.226 e. The van der Waals surface area contributed by atoms with Gasteiger partial charge in [-0.3, -0.25) is 4.79 Å². The number of rotatable bonds is 4. The Balaban J connectivity index is 1.63. The van der Waals surface area contributed by atoms with Crippen LogP contribution in [0.3, 0.4) is 0 Å². The largest absolute Gasteiger partial charge is 0.494 e. The van der Waals surface area contributed by atoms with Crippen LogP contribution in [0.4, 0.5) is 5.95 Å². The average molecular weight is 392 g/mol. The van der Waals surface area contributed by atoms with Crippen LogP contribution in [-0.4, -0.2) is 27.2 Å². The van der Waals surface area contributed by atoms with Crippen molar-refractivity contribution >= 4 is 23.1 Å². The second-order valence-corrected chi connectivity index (χ2v) is 7.83. The fraction of sp³-hybridized carbons (Fsp3) is 0.286. The molecule has 0 fully saturated rings. The minimum Gasteiger partial charge on any atom is -0.494 e. The number of carbonyl (C=O) groups excluding carboxylic acids is 1. The lowest BCUT2D eigenvalue weighted by Gasteiger charge is -2.32. The Labute approximate surface area is 166 Å². The van der Waals surface area contributed by atoms with Crippen LogP contribution in [0.2, 0.25) is 0 Å². The normalized spacial score (nSPS) is 18.5. The highest BCUT2D eigenvalue weighted by molar-refractivity contribution is 7.13. The topological polar surface area (TPSA) is 69.0 Å². The van der Waals surface area contributed by atoms with Crippen molar-refractivity contribution < 1.29 is 9.53 Å². The predicted octanol–water partition coefficient (Wildman–Crippen LogP) is 4.43. The van der Waals surface area contributed by atoms with Crippen LogP contribution in [0.1, 0.15) is 37.8 Å². The fourth-order valence-electron chi connectivity index (χ4n) is 3.89. The summed E-state index contributed by atoms with van der Waals surface area (Å²) in [6, 6.07) is 11.7. The first kappa shape index (κ1) is 17.2. The summed E-state index contributed by atoms with van der Waals surface area (Å²) in [6.07, 6.45) is 2.30. The van der Waals surface area contributed by atoms with E-state index in [0.29, 0.717) is 24.8 Å². The third-order valence-electron chi connectivity index (χ3n) is 5.12. The molecule has 1 aliphatic carbocycles. The summed E-state index contributed by atoms with van der Waals surface area (Å²) in [6.45, 7) is 2.59. The quantitative estimate of drug-likeness (QED) is 0.711. The SMILES string of the molecule is CCOc1ccc(C2C3=C(CCCC3=O)Nc3nc(-c4cccs4)nn32)cc1. The number of aromatic nitrogens is 3. The molecular weight excluding hydrogens is 372 g/mol. The first-order chi connectivity index (χ1) is 13.7. The van der Waals surface area contributed by atoms with Gasteiger partial charge in [0.25, 0.3) is 0 Å². The number of benzene rings is 1. The Morgan fingerprint density at radius 1 is 1.25 bits per heavy atom. The van der Waals surface area contributed by atoms with Crippen LogP contribution < -0.4 is 10.1 Å². The summed E-state index contributed by atoms with van der Waals surface area (Å²) < 4.78 is 7.43. The molecule has 1 N–H and O–H groups in total. The van der Waals surface area contributed by atoms with Crippen LogP contribution in [0, 0.1) is 0 Å². The number of fused-ring (bicyclic) bond motifs is 1. The van der Waals surface area contributed by atoms with E-state index in [9.17, 15) is 4.79 Å². The van der Waals surface area contributed by atoms with Gasteiger partial charge in [-0.15, -0.1) is 16.4 Å². The summed E-state index contributed by atoms with van der Waals surface area (Å²) in [4.78, 5) is 18.6. The van der Waals surface area contributed by atoms with Crippen molar-refractivity contribution in [1.82, 2.24) is 14.8 Å². The summed E-state index contributed by atoms with van der Waals surface area (Å²) in [5.74, 6) is 2.38.